The van der Waals surface area contributed by atoms with Crippen LogP contribution in [-0.2, 0) is 0 Å². The number of pyridine rings is 1. The van der Waals surface area contributed by atoms with E-state index >= 15 is 0 Å². The first-order chi connectivity index (χ1) is 9.04. The highest BCUT2D eigenvalue weighted by Gasteiger charge is 2.17. The van der Waals surface area contributed by atoms with E-state index in [9.17, 15) is 4.79 Å². The molecule has 6 heteroatoms. The Hall–Kier alpha value is -1.29. The molecule has 98 valence electrons. The van der Waals surface area contributed by atoms with Crippen molar-refractivity contribution < 1.29 is 4.79 Å². The van der Waals surface area contributed by atoms with Crippen LogP contribution in [0.3, 0.4) is 0 Å². The molecule has 1 aromatic carbocycles. The van der Waals surface area contributed by atoms with Crippen LogP contribution >= 0.6 is 34.8 Å². The van der Waals surface area contributed by atoms with Crippen molar-refractivity contribution in [1.29, 1.82) is 0 Å². The van der Waals surface area contributed by atoms with Crippen molar-refractivity contribution in [3.8, 4) is 11.1 Å². The Labute approximate surface area is 125 Å². The maximum absolute atomic E-state index is 11.8. The topological polar surface area (TPSA) is 42.0 Å². The lowest BCUT2D eigenvalue weighted by Crippen LogP contribution is -2.20. The number of benzene rings is 1. The second kappa shape index (κ2) is 5.78. The van der Waals surface area contributed by atoms with Gasteiger partial charge in [0.1, 0.15) is 5.69 Å². The molecule has 1 amide bonds. The normalized spacial score (nSPS) is 10.3. The number of hydrogen-bond donors (Lipinski definition) is 1. The van der Waals surface area contributed by atoms with Crippen LogP contribution in [0.4, 0.5) is 0 Å². The van der Waals surface area contributed by atoms with Crippen LogP contribution in [0.5, 0.6) is 0 Å². The van der Waals surface area contributed by atoms with Crippen LogP contribution in [-0.4, -0.2) is 17.9 Å². The van der Waals surface area contributed by atoms with Gasteiger partial charge in [0.05, 0.1) is 10.0 Å². The molecule has 1 heterocycles. The molecule has 0 saturated heterocycles. The number of hydrogen-bond acceptors (Lipinski definition) is 2. The molecule has 0 fully saturated rings. The summed E-state index contributed by atoms with van der Waals surface area (Å²) in [5, 5.41) is 3.64. The quantitative estimate of drug-likeness (QED) is 0.849. The van der Waals surface area contributed by atoms with Gasteiger partial charge in [0.25, 0.3) is 5.91 Å². The molecule has 0 aliphatic rings. The number of amides is 1. The van der Waals surface area contributed by atoms with E-state index in [1.807, 2.05) is 0 Å². The molecular formula is C13H9Cl3N2O. The SMILES string of the molecule is CNC(=O)c1ncccc1-c1cc(Cl)cc(Cl)c1Cl. The summed E-state index contributed by atoms with van der Waals surface area (Å²) in [6.07, 6.45) is 1.54. The molecule has 2 aromatic rings. The van der Waals surface area contributed by atoms with Gasteiger partial charge in [-0.25, -0.2) is 0 Å². The second-order valence-corrected chi connectivity index (χ2v) is 4.95. The number of nitrogens with one attached hydrogen (secondary N) is 1. The molecule has 0 aliphatic heterocycles. The molecular weight excluding hydrogens is 307 g/mol. The van der Waals surface area contributed by atoms with Crippen molar-refractivity contribution in [1.82, 2.24) is 10.3 Å². The Kier molecular flexibility index (Phi) is 4.30. The van der Waals surface area contributed by atoms with E-state index < -0.39 is 0 Å². The molecule has 19 heavy (non-hydrogen) atoms. The van der Waals surface area contributed by atoms with E-state index in [1.165, 1.54) is 13.2 Å². The number of carbonyl (C=O) groups excluding carboxylic acids is 1. The number of rotatable bonds is 2. The van der Waals surface area contributed by atoms with Gasteiger partial charge < -0.3 is 5.32 Å². The predicted molar refractivity (Wildman–Crippen MR) is 78.1 cm³/mol. The van der Waals surface area contributed by atoms with Gasteiger partial charge in [-0.3, -0.25) is 9.78 Å². The van der Waals surface area contributed by atoms with Gasteiger partial charge in [-0.2, -0.15) is 0 Å². The second-order valence-electron chi connectivity index (χ2n) is 3.73. The highest BCUT2D eigenvalue weighted by Crippen LogP contribution is 2.37. The number of halogens is 3. The Bertz CT molecular complexity index is 644. The summed E-state index contributed by atoms with van der Waals surface area (Å²) in [4.78, 5) is 15.9. The lowest BCUT2D eigenvalue weighted by Gasteiger charge is -2.10. The summed E-state index contributed by atoms with van der Waals surface area (Å²) in [6.45, 7) is 0. The average Bonchev–Trinajstić information content (AvgIpc) is 2.42. The third-order valence-corrected chi connectivity index (χ3v) is 3.55. The van der Waals surface area contributed by atoms with Gasteiger partial charge in [0.2, 0.25) is 0 Å². The fourth-order valence-corrected chi connectivity index (χ4v) is 2.38. The summed E-state index contributed by atoms with van der Waals surface area (Å²) in [5.74, 6) is -0.303. The molecule has 0 spiro atoms. The molecule has 0 saturated carbocycles. The van der Waals surface area contributed by atoms with Gasteiger partial charge >= 0.3 is 0 Å². The Morgan fingerprint density at radius 1 is 1.21 bits per heavy atom. The largest absolute Gasteiger partial charge is 0.354 e. The average molecular weight is 316 g/mol. The van der Waals surface area contributed by atoms with Crippen LogP contribution in [0, 0.1) is 0 Å². The molecule has 1 aromatic heterocycles. The zero-order valence-electron chi connectivity index (χ0n) is 9.88. The fraction of sp³-hybridized carbons (Fsp3) is 0.0769. The van der Waals surface area contributed by atoms with Crippen molar-refractivity contribution in [2.45, 2.75) is 0 Å². The maximum Gasteiger partial charge on any atom is 0.270 e. The molecule has 2 rings (SSSR count). The highest BCUT2D eigenvalue weighted by atomic mass is 35.5. The van der Waals surface area contributed by atoms with Crippen molar-refractivity contribution in [3.63, 3.8) is 0 Å². The van der Waals surface area contributed by atoms with Gasteiger partial charge in [0, 0.05) is 29.4 Å². The van der Waals surface area contributed by atoms with Crippen LogP contribution in [0.2, 0.25) is 15.1 Å². The minimum Gasteiger partial charge on any atom is -0.354 e. The summed E-state index contributed by atoms with van der Waals surface area (Å²) in [5.41, 5.74) is 1.42. The minimum atomic E-state index is -0.303. The molecule has 0 bridgehead atoms. The Balaban J connectivity index is 2.69. The van der Waals surface area contributed by atoms with E-state index in [2.05, 4.69) is 10.3 Å². The van der Waals surface area contributed by atoms with E-state index in [4.69, 9.17) is 34.8 Å². The number of carbonyl (C=O) groups is 1. The summed E-state index contributed by atoms with van der Waals surface area (Å²) < 4.78 is 0. The number of aromatic nitrogens is 1. The van der Waals surface area contributed by atoms with Crippen molar-refractivity contribution in [3.05, 3.63) is 51.2 Å². The van der Waals surface area contributed by atoms with Crippen molar-refractivity contribution >= 4 is 40.7 Å². The third-order valence-electron chi connectivity index (χ3n) is 2.53. The zero-order chi connectivity index (χ0) is 14.0. The van der Waals surface area contributed by atoms with Crippen LogP contribution in [0.25, 0.3) is 11.1 Å². The van der Waals surface area contributed by atoms with Crippen molar-refractivity contribution in [2.24, 2.45) is 0 Å². The molecule has 0 radical (unpaired) electrons. The lowest BCUT2D eigenvalue weighted by atomic mass is 10.0. The van der Waals surface area contributed by atoms with Crippen LogP contribution in [0.15, 0.2) is 30.5 Å². The third kappa shape index (κ3) is 2.84. The van der Waals surface area contributed by atoms with Gasteiger partial charge in [-0.15, -0.1) is 0 Å². The van der Waals surface area contributed by atoms with Crippen molar-refractivity contribution in [2.75, 3.05) is 7.05 Å². The van der Waals surface area contributed by atoms with Gasteiger partial charge in [-0.05, 0) is 18.2 Å². The lowest BCUT2D eigenvalue weighted by molar-refractivity contribution is 0.0959. The number of nitrogens with zero attached hydrogens (tertiary/aromatic N) is 1. The fourth-order valence-electron chi connectivity index (χ4n) is 1.67. The summed E-state index contributed by atoms with van der Waals surface area (Å²) in [6, 6.07) is 6.66. The first-order valence-corrected chi connectivity index (χ1v) is 6.50. The van der Waals surface area contributed by atoms with E-state index in [1.54, 1.807) is 24.3 Å². The molecule has 0 aliphatic carbocycles. The molecule has 3 nitrogen and oxygen atoms in total. The van der Waals surface area contributed by atoms with E-state index in [0.717, 1.165) is 0 Å². The molecule has 0 unspecified atom stereocenters. The first kappa shape index (κ1) is 14.1. The van der Waals surface area contributed by atoms with Gasteiger partial charge in [0.15, 0.2) is 0 Å². The highest BCUT2D eigenvalue weighted by molar-refractivity contribution is 6.45. The predicted octanol–water partition coefficient (Wildman–Crippen LogP) is 4.07. The summed E-state index contributed by atoms with van der Waals surface area (Å²) in [7, 11) is 1.54. The smallest absolute Gasteiger partial charge is 0.270 e. The summed E-state index contributed by atoms with van der Waals surface area (Å²) >= 11 is 18.1. The molecule has 1 N–H and O–H groups in total. The monoisotopic (exact) mass is 314 g/mol. The molecule has 0 atom stereocenters. The Morgan fingerprint density at radius 2 is 1.95 bits per heavy atom. The van der Waals surface area contributed by atoms with Crippen LogP contribution < -0.4 is 5.32 Å². The zero-order valence-corrected chi connectivity index (χ0v) is 12.1. The maximum atomic E-state index is 11.8. The minimum absolute atomic E-state index is 0.269. The van der Waals surface area contributed by atoms with E-state index in [-0.39, 0.29) is 11.6 Å². The van der Waals surface area contributed by atoms with E-state index in [0.29, 0.717) is 26.2 Å². The van der Waals surface area contributed by atoms with Crippen LogP contribution in [0.1, 0.15) is 10.5 Å². The van der Waals surface area contributed by atoms with Gasteiger partial charge in [-0.1, -0.05) is 40.9 Å². The standard InChI is InChI=1S/C13H9Cl3N2O/c1-17-13(19)12-8(3-2-4-18-12)9-5-7(14)6-10(15)11(9)16/h2-6H,1H3,(H,17,19). The first-order valence-electron chi connectivity index (χ1n) is 5.36. The Morgan fingerprint density at radius 3 is 2.63 bits per heavy atom.